The first-order valence-corrected chi connectivity index (χ1v) is 6.98. The van der Waals surface area contributed by atoms with Crippen LogP contribution in [-0.2, 0) is 25.8 Å². The summed E-state index contributed by atoms with van der Waals surface area (Å²) >= 11 is 0. The second kappa shape index (κ2) is 7.81. The molecule has 0 atom stereocenters. The predicted octanol–water partition coefficient (Wildman–Crippen LogP) is -0.286. The van der Waals surface area contributed by atoms with E-state index in [-0.39, 0.29) is 65.2 Å². The molecule has 0 amide bonds. The van der Waals surface area contributed by atoms with Gasteiger partial charge in [-0.15, -0.1) is 34.5 Å². The van der Waals surface area contributed by atoms with Gasteiger partial charge in [0.2, 0.25) is 0 Å². The number of allylic oxidation sites excluding steroid dienone is 4. The van der Waals surface area contributed by atoms with Crippen LogP contribution in [0.5, 0.6) is 0 Å². The fourth-order valence-electron chi connectivity index (χ4n) is 3.47. The maximum Gasteiger partial charge on any atom is 0 e. The summed E-state index contributed by atoms with van der Waals surface area (Å²) in [4.78, 5) is 0. The molecule has 0 saturated heterocycles. The topological polar surface area (TPSA) is 0 Å². The molecule has 3 rings (SSSR count). The molecule has 0 fully saturated rings. The Hall–Kier alpha value is 0.140. The maximum atomic E-state index is 2.34. The van der Waals surface area contributed by atoms with Gasteiger partial charge in [-0.05, 0) is 26.2 Å². The summed E-state index contributed by atoms with van der Waals surface area (Å²) in [5, 5.41) is 2.69. The zero-order valence-corrected chi connectivity index (χ0v) is 20.5. The number of hydrogen-bond donors (Lipinski definition) is 0. The average molecular weight is 588 g/mol. The number of fused-ring (bicyclic) bond motifs is 1. The molecule has 22 heavy (non-hydrogen) atoms. The van der Waals surface area contributed by atoms with Gasteiger partial charge in [0.05, 0.1) is 0 Å². The van der Waals surface area contributed by atoms with E-state index in [1.54, 1.807) is 0 Å². The van der Waals surface area contributed by atoms with E-state index in [1.165, 1.54) is 38.6 Å². The molecule has 0 bridgehead atoms. The molecule has 0 nitrogen and oxygen atoms in total. The van der Waals surface area contributed by atoms with Crippen molar-refractivity contribution in [2.24, 2.45) is 5.41 Å². The molecule has 0 radical (unpaired) electrons. The zero-order chi connectivity index (χ0) is 13.8. The van der Waals surface area contributed by atoms with Crippen LogP contribution in [-0.4, -0.2) is 0 Å². The Kier molecular flexibility index (Phi) is 7.86. The minimum atomic E-state index is 0. The summed E-state index contributed by atoms with van der Waals surface area (Å²) in [5.41, 5.74) is 7.46. The Bertz CT molecular complexity index is 700. The van der Waals surface area contributed by atoms with E-state index < -0.39 is 0 Å². The SMILES string of the molecule is CC1=C(C)C(C)(C)C(c2cc3ccccc3[cH-]2)=C1C.[Br-].[Br-].[Hf]. The molecule has 0 N–H and O–H groups in total. The summed E-state index contributed by atoms with van der Waals surface area (Å²) in [5.74, 6) is 0. The van der Waals surface area contributed by atoms with Crippen molar-refractivity contribution in [3.63, 3.8) is 0 Å². The first-order chi connectivity index (χ1) is 8.93. The van der Waals surface area contributed by atoms with Crippen LogP contribution < -0.4 is 34.0 Å². The van der Waals surface area contributed by atoms with E-state index >= 15 is 0 Å². The Labute approximate surface area is 173 Å². The van der Waals surface area contributed by atoms with Crippen molar-refractivity contribution in [3.05, 3.63) is 58.7 Å². The number of rotatable bonds is 1. The van der Waals surface area contributed by atoms with Crippen LogP contribution in [0.25, 0.3) is 16.3 Å². The van der Waals surface area contributed by atoms with Gasteiger partial charge in [-0.2, -0.15) is 0 Å². The number of hydrogen-bond acceptors (Lipinski definition) is 0. The van der Waals surface area contributed by atoms with Crippen LogP contribution in [0.1, 0.15) is 40.2 Å². The third-order valence-corrected chi connectivity index (χ3v) is 4.97. The normalized spacial score (nSPS) is 16.2. The van der Waals surface area contributed by atoms with Crippen LogP contribution in [0.3, 0.4) is 0 Å². The summed E-state index contributed by atoms with van der Waals surface area (Å²) in [6.45, 7) is 11.5. The van der Waals surface area contributed by atoms with E-state index in [4.69, 9.17) is 0 Å². The van der Waals surface area contributed by atoms with Crippen molar-refractivity contribution in [1.29, 1.82) is 0 Å². The summed E-state index contributed by atoms with van der Waals surface area (Å²) in [7, 11) is 0. The van der Waals surface area contributed by atoms with Gasteiger partial charge in [0.25, 0.3) is 0 Å². The molecule has 2 aromatic carbocycles. The van der Waals surface area contributed by atoms with Crippen molar-refractivity contribution in [1.82, 2.24) is 0 Å². The van der Waals surface area contributed by atoms with Gasteiger partial charge < -0.3 is 34.0 Å². The molecule has 0 saturated carbocycles. The van der Waals surface area contributed by atoms with Gasteiger partial charge in [0, 0.05) is 25.8 Å². The largest absolute Gasteiger partial charge is 1.00 e. The third kappa shape index (κ3) is 3.32. The Morgan fingerprint density at radius 1 is 0.909 bits per heavy atom. The summed E-state index contributed by atoms with van der Waals surface area (Å²) in [6, 6.07) is 13.3. The molecule has 3 heteroatoms. The average Bonchev–Trinajstić information content (AvgIpc) is 2.84. The van der Waals surface area contributed by atoms with Crippen LogP contribution >= 0.6 is 0 Å². The minimum Gasteiger partial charge on any atom is -1.00 e. The molecule has 1 aliphatic carbocycles. The molecule has 2 aromatic rings. The fourth-order valence-corrected chi connectivity index (χ4v) is 3.47. The molecular weight excluding hydrogens is 567 g/mol. The molecule has 0 heterocycles. The predicted molar refractivity (Wildman–Crippen MR) is 84.3 cm³/mol. The van der Waals surface area contributed by atoms with Crippen LogP contribution in [0.4, 0.5) is 0 Å². The van der Waals surface area contributed by atoms with E-state index in [0.717, 1.165) is 0 Å². The Balaban J connectivity index is 0.00000147. The van der Waals surface area contributed by atoms with E-state index in [0.29, 0.717) is 0 Å². The second-order valence-electron chi connectivity index (χ2n) is 6.25. The van der Waals surface area contributed by atoms with Crippen molar-refractivity contribution in [2.75, 3.05) is 0 Å². The van der Waals surface area contributed by atoms with Crippen LogP contribution in [0.15, 0.2) is 53.1 Å². The molecule has 0 unspecified atom stereocenters. The molecular formula is C19H21Br2Hf-3. The van der Waals surface area contributed by atoms with Crippen LogP contribution in [0, 0.1) is 5.41 Å². The minimum absolute atomic E-state index is 0. The monoisotopic (exact) mass is 587 g/mol. The van der Waals surface area contributed by atoms with Crippen molar-refractivity contribution in [3.8, 4) is 0 Å². The Morgan fingerprint density at radius 3 is 2.00 bits per heavy atom. The van der Waals surface area contributed by atoms with Crippen molar-refractivity contribution in [2.45, 2.75) is 34.6 Å². The van der Waals surface area contributed by atoms with Gasteiger partial charge in [-0.3, -0.25) is 0 Å². The van der Waals surface area contributed by atoms with Gasteiger partial charge in [-0.25, -0.2) is 0 Å². The molecule has 118 valence electrons. The fraction of sp³-hybridized carbons (Fsp3) is 0.316. The zero-order valence-electron chi connectivity index (χ0n) is 13.7. The molecule has 0 aromatic heterocycles. The quantitative estimate of drug-likeness (QED) is 0.318. The number of halogens is 2. The Morgan fingerprint density at radius 2 is 1.50 bits per heavy atom. The smallest absolute Gasteiger partial charge is 0 e. The maximum absolute atomic E-state index is 2.34. The molecule has 0 aliphatic heterocycles. The van der Waals surface area contributed by atoms with Crippen molar-refractivity contribution >= 4 is 16.3 Å². The van der Waals surface area contributed by atoms with Gasteiger partial charge in [0.1, 0.15) is 0 Å². The van der Waals surface area contributed by atoms with Gasteiger partial charge in [-0.1, -0.05) is 54.3 Å². The van der Waals surface area contributed by atoms with E-state index in [9.17, 15) is 0 Å². The third-order valence-electron chi connectivity index (χ3n) is 4.97. The van der Waals surface area contributed by atoms with Gasteiger partial charge >= 0.3 is 0 Å². The van der Waals surface area contributed by atoms with Crippen LogP contribution in [0.2, 0.25) is 0 Å². The van der Waals surface area contributed by atoms with Crippen molar-refractivity contribution < 1.29 is 59.8 Å². The first kappa shape index (κ1) is 22.1. The van der Waals surface area contributed by atoms with E-state index in [2.05, 4.69) is 71.0 Å². The van der Waals surface area contributed by atoms with E-state index in [1.807, 2.05) is 0 Å². The number of benzene rings is 1. The van der Waals surface area contributed by atoms with Gasteiger partial charge in [0.15, 0.2) is 0 Å². The summed E-state index contributed by atoms with van der Waals surface area (Å²) < 4.78 is 0. The first-order valence-electron chi connectivity index (χ1n) is 6.98. The molecule has 1 aliphatic rings. The summed E-state index contributed by atoms with van der Waals surface area (Å²) in [6.07, 6.45) is 0. The molecule has 0 spiro atoms. The second-order valence-corrected chi connectivity index (χ2v) is 6.25. The standard InChI is InChI=1S/C19H21.2BrH.Hf/c1-12-13(2)18(19(4,5)14(12)3)17-10-15-8-6-7-9-16(15)11-17;;;/h6-11H,1-5H3;2*1H;/q-1;;;/p-2.